The molecule has 1 N–H and O–H groups in total. The van der Waals surface area contributed by atoms with Crippen molar-refractivity contribution in [2.75, 3.05) is 13.1 Å². The van der Waals surface area contributed by atoms with Crippen molar-refractivity contribution in [2.45, 2.75) is 43.8 Å². The van der Waals surface area contributed by atoms with E-state index in [2.05, 4.69) is 10.3 Å². The zero-order chi connectivity index (χ0) is 27.6. The van der Waals surface area contributed by atoms with Crippen LogP contribution in [-0.4, -0.2) is 69.5 Å². The predicted octanol–water partition coefficient (Wildman–Crippen LogP) is 3.47. The van der Waals surface area contributed by atoms with Crippen LogP contribution in [0.5, 0.6) is 11.5 Å². The van der Waals surface area contributed by atoms with Crippen molar-refractivity contribution in [3.8, 4) is 11.5 Å². The number of carbonyl (C=O) groups is 4. The lowest BCUT2D eigenvalue weighted by atomic mass is 10.1. The van der Waals surface area contributed by atoms with Gasteiger partial charge in [0.1, 0.15) is 29.3 Å². The lowest BCUT2D eigenvalue weighted by Gasteiger charge is -2.28. The highest BCUT2D eigenvalue weighted by Crippen LogP contribution is 2.36. The molecule has 3 amide bonds. The molecule has 9 nitrogen and oxygen atoms in total. The zero-order valence-corrected chi connectivity index (χ0v) is 21.9. The molecule has 1 saturated carbocycles. The van der Waals surface area contributed by atoms with E-state index in [9.17, 15) is 19.2 Å². The van der Waals surface area contributed by atoms with Crippen LogP contribution in [0.15, 0.2) is 79.0 Å². The fourth-order valence-electron chi connectivity index (χ4n) is 5.62. The number of hydrogen-bond donors (Lipinski definition) is 1. The van der Waals surface area contributed by atoms with Crippen LogP contribution in [0.2, 0.25) is 0 Å². The molecule has 9 heteroatoms. The van der Waals surface area contributed by atoms with Crippen LogP contribution >= 0.6 is 0 Å². The molecule has 3 atom stereocenters. The second-order valence-electron chi connectivity index (χ2n) is 10.6. The number of hydrogen-bond acceptors (Lipinski definition) is 6. The van der Waals surface area contributed by atoms with Gasteiger partial charge in [0.15, 0.2) is 5.78 Å². The quantitative estimate of drug-likeness (QED) is 0.471. The summed E-state index contributed by atoms with van der Waals surface area (Å²) in [6, 6.07) is 19.4. The van der Waals surface area contributed by atoms with Gasteiger partial charge in [0.05, 0.1) is 12.6 Å². The minimum absolute atomic E-state index is 0.0500. The molecule has 3 aliphatic rings. The number of carbonyl (C=O) groups excluding carboxylic acids is 4. The van der Waals surface area contributed by atoms with Crippen molar-refractivity contribution in [1.82, 2.24) is 20.1 Å². The van der Waals surface area contributed by atoms with Crippen LogP contribution in [-0.2, 0) is 9.59 Å². The normalized spacial score (nSPS) is 20.6. The van der Waals surface area contributed by atoms with Crippen LogP contribution in [0.25, 0.3) is 0 Å². The molecule has 2 aliphatic heterocycles. The van der Waals surface area contributed by atoms with Crippen molar-refractivity contribution < 1.29 is 23.9 Å². The Bertz CT molecular complexity index is 1410. The summed E-state index contributed by atoms with van der Waals surface area (Å²) in [5.41, 5.74) is 0.692. The zero-order valence-electron chi connectivity index (χ0n) is 21.9. The smallest absolute Gasteiger partial charge is 0.273 e. The van der Waals surface area contributed by atoms with Crippen molar-refractivity contribution in [3.05, 3.63) is 90.3 Å². The van der Waals surface area contributed by atoms with Crippen molar-refractivity contribution in [3.63, 3.8) is 0 Å². The highest BCUT2D eigenvalue weighted by atomic mass is 16.5. The molecule has 0 spiro atoms. The Morgan fingerprint density at radius 2 is 1.62 bits per heavy atom. The van der Waals surface area contributed by atoms with E-state index >= 15 is 0 Å². The summed E-state index contributed by atoms with van der Waals surface area (Å²) in [5, 5.41) is 2.93. The second-order valence-corrected chi connectivity index (χ2v) is 10.6. The van der Waals surface area contributed by atoms with E-state index in [4.69, 9.17) is 4.74 Å². The number of fused-ring (bicyclic) bond motifs is 1. The second kappa shape index (κ2) is 10.9. The molecule has 6 rings (SSSR count). The van der Waals surface area contributed by atoms with Gasteiger partial charge >= 0.3 is 0 Å². The number of rotatable bonds is 8. The molecule has 2 aromatic carbocycles. The maximum absolute atomic E-state index is 13.8. The fourth-order valence-corrected chi connectivity index (χ4v) is 5.62. The number of aromatic nitrogens is 1. The van der Waals surface area contributed by atoms with Crippen LogP contribution < -0.4 is 10.1 Å². The van der Waals surface area contributed by atoms with Gasteiger partial charge in [0.25, 0.3) is 11.8 Å². The highest BCUT2D eigenvalue weighted by molar-refractivity contribution is 6.03. The lowest BCUT2D eigenvalue weighted by molar-refractivity contribution is -0.138. The van der Waals surface area contributed by atoms with E-state index in [1.165, 1.54) is 4.90 Å². The molecule has 3 unspecified atom stereocenters. The molecular formula is C31H30N4O5. The molecule has 40 heavy (non-hydrogen) atoms. The van der Waals surface area contributed by atoms with Gasteiger partial charge in [-0.15, -0.1) is 0 Å². The number of ketones is 1. The maximum atomic E-state index is 13.8. The summed E-state index contributed by atoms with van der Waals surface area (Å²) in [5.74, 6) is 0.573. The van der Waals surface area contributed by atoms with Gasteiger partial charge in [-0.2, -0.15) is 0 Å². The van der Waals surface area contributed by atoms with E-state index in [1.807, 2.05) is 30.3 Å². The SMILES string of the molecule is O=C(NC(CC1CC1)C(=O)N1CCC2C1C(=O)CN2C(=O)c1ccccn1)c1ccc(Oc2ccccc2)cc1. The van der Waals surface area contributed by atoms with Crippen LogP contribution in [0.1, 0.15) is 46.5 Å². The number of ether oxygens (including phenoxy) is 1. The molecule has 204 valence electrons. The number of amides is 3. The third-order valence-electron chi connectivity index (χ3n) is 7.82. The molecule has 1 aliphatic carbocycles. The molecule has 2 saturated heterocycles. The maximum Gasteiger partial charge on any atom is 0.273 e. The topological polar surface area (TPSA) is 109 Å². The van der Waals surface area contributed by atoms with Crippen molar-refractivity contribution in [2.24, 2.45) is 5.92 Å². The Labute approximate surface area is 232 Å². The standard InChI is InChI=1S/C31H30N4O5/c36-27-19-35(30(38)24-8-4-5-16-32-24)26-15-17-34(28(26)27)31(39)25(18-20-9-10-20)33-29(37)21-11-13-23(14-12-21)40-22-6-2-1-3-7-22/h1-8,11-14,16,20,25-26,28H,9-10,15,17-19H2,(H,33,37). The van der Waals surface area contributed by atoms with Gasteiger partial charge in [-0.1, -0.05) is 37.1 Å². The Balaban J connectivity index is 1.14. The van der Waals surface area contributed by atoms with E-state index in [0.717, 1.165) is 12.8 Å². The summed E-state index contributed by atoms with van der Waals surface area (Å²) in [7, 11) is 0. The van der Waals surface area contributed by atoms with Crippen LogP contribution in [0.4, 0.5) is 0 Å². The van der Waals surface area contributed by atoms with Gasteiger partial charge in [-0.05, 0) is 67.3 Å². The van der Waals surface area contributed by atoms with Gasteiger partial charge < -0.3 is 19.9 Å². The number of benzene rings is 2. The number of nitrogens with one attached hydrogen (secondary N) is 1. The average Bonchev–Trinajstić information content (AvgIpc) is 3.60. The Kier molecular flexibility index (Phi) is 7.02. The first-order valence-electron chi connectivity index (χ1n) is 13.7. The summed E-state index contributed by atoms with van der Waals surface area (Å²) in [4.78, 5) is 60.4. The van der Waals surface area contributed by atoms with Crippen molar-refractivity contribution in [1.29, 1.82) is 0 Å². The summed E-state index contributed by atoms with van der Waals surface area (Å²) in [6.07, 6.45) is 4.61. The minimum atomic E-state index is -0.743. The Morgan fingerprint density at radius 1 is 0.900 bits per heavy atom. The molecule has 3 heterocycles. The molecule has 0 bridgehead atoms. The Hall–Kier alpha value is -4.53. The first-order chi connectivity index (χ1) is 19.5. The van der Waals surface area contributed by atoms with Gasteiger partial charge in [0.2, 0.25) is 5.91 Å². The molecule has 3 aromatic rings. The first-order valence-corrected chi connectivity index (χ1v) is 13.7. The predicted molar refractivity (Wildman–Crippen MR) is 146 cm³/mol. The van der Waals surface area contributed by atoms with Crippen LogP contribution in [0, 0.1) is 5.92 Å². The molecule has 3 fully saturated rings. The first kappa shape index (κ1) is 25.7. The van der Waals surface area contributed by atoms with Crippen molar-refractivity contribution >= 4 is 23.5 Å². The number of para-hydroxylation sites is 1. The average molecular weight is 539 g/mol. The number of Topliss-reactive ketones (excluding diaryl/α,β-unsaturated/α-hetero) is 1. The Morgan fingerprint density at radius 3 is 2.33 bits per heavy atom. The summed E-state index contributed by atoms with van der Waals surface area (Å²) >= 11 is 0. The number of nitrogens with zero attached hydrogens (tertiary/aromatic N) is 3. The number of pyridine rings is 1. The highest BCUT2D eigenvalue weighted by Gasteiger charge is 2.52. The lowest BCUT2D eigenvalue weighted by Crippen LogP contribution is -2.52. The third kappa shape index (κ3) is 5.32. The molecular weight excluding hydrogens is 508 g/mol. The van der Waals surface area contributed by atoms with E-state index in [1.54, 1.807) is 53.6 Å². The monoisotopic (exact) mass is 538 g/mol. The van der Waals surface area contributed by atoms with E-state index in [-0.39, 0.29) is 41.8 Å². The number of likely N-dealkylation sites (tertiary alicyclic amines) is 2. The van der Waals surface area contributed by atoms with Gasteiger partial charge in [-0.25, -0.2) is 0 Å². The van der Waals surface area contributed by atoms with Gasteiger partial charge in [-0.3, -0.25) is 24.2 Å². The largest absolute Gasteiger partial charge is 0.457 e. The molecule has 1 aromatic heterocycles. The minimum Gasteiger partial charge on any atom is -0.457 e. The fraction of sp³-hybridized carbons (Fsp3) is 0.323. The summed E-state index contributed by atoms with van der Waals surface area (Å²) in [6.45, 7) is 0.306. The van der Waals surface area contributed by atoms with Gasteiger partial charge in [0, 0.05) is 18.3 Å². The third-order valence-corrected chi connectivity index (χ3v) is 7.82. The molecule has 0 radical (unpaired) electrons. The summed E-state index contributed by atoms with van der Waals surface area (Å²) < 4.78 is 5.81. The van der Waals surface area contributed by atoms with E-state index < -0.39 is 12.1 Å². The van der Waals surface area contributed by atoms with Crippen LogP contribution in [0.3, 0.4) is 0 Å². The van der Waals surface area contributed by atoms with E-state index in [0.29, 0.717) is 42.4 Å².